The van der Waals surface area contributed by atoms with E-state index in [1.165, 1.54) is 12.1 Å². The second-order valence-corrected chi connectivity index (χ2v) is 2.43. The van der Waals surface area contributed by atoms with Gasteiger partial charge in [0.1, 0.15) is 0 Å². The predicted octanol–water partition coefficient (Wildman–Crippen LogP) is 1.85. The van der Waals surface area contributed by atoms with Crippen LogP contribution in [0.1, 0.15) is 11.1 Å². The van der Waals surface area contributed by atoms with Gasteiger partial charge in [0, 0.05) is 5.56 Å². The third-order valence-electron chi connectivity index (χ3n) is 1.55. The maximum absolute atomic E-state index is 12.7. The highest BCUT2D eigenvalue weighted by Crippen LogP contribution is 2.25. The lowest BCUT2D eigenvalue weighted by Gasteiger charge is -2.07. The molecule has 0 aromatic heterocycles. The van der Waals surface area contributed by atoms with Crippen LogP contribution >= 0.6 is 0 Å². The first kappa shape index (κ1) is 9.33. The zero-order valence-electron chi connectivity index (χ0n) is 6.50. The van der Waals surface area contributed by atoms with Crippen LogP contribution < -0.4 is 0 Å². The van der Waals surface area contributed by atoms with Gasteiger partial charge in [-0.1, -0.05) is 12.1 Å². The van der Waals surface area contributed by atoms with Gasteiger partial charge in [0.25, 0.3) is 0 Å². The van der Waals surface area contributed by atoms with Gasteiger partial charge in [0.15, 0.2) is 6.29 Å². The van der Waals surface area contributed by atoms with Crippen molar-refractivity contribution in [3.63, 3.8) is 0 Å². The Morgan fingerprint density at radius 1 is 1.31 bits per heavy atom. The molecule has 0 N–H and O–H groups in total. The van der Waals surface area contributed by atoms with Crippen molar-refractivity contribution >= 4 is 6.29 Å². The second-order valence-electron chi connectivity index (χ2n) is 2.43. The first-order valence-electron chi connectivity index (χ1n) is 3.45. The summed E-state index contributed by atoms with van der Waals surface area (Å²) in [5, 5.41) is 8.38. The van der Waals surface area contributed by atoms with E-state index in [1.54, 1.807) is 6.07 Å². The van der Waals surface area contributed by atoms with Crippen LogP contribution in [-0.4, -0.2) is 6.29 Å². The molecule has 0 fully saturated rings. The highest BCUT2D eigenvalue weighted by Gasteiger charge is 2.30. The van der Waals surface area contributed by atoms with Crippen LogP contribution in [0.15, 0.2) is 24.3 Å². The number of nitriles is 1. The molecule has 1 aromatic rings. The van der Waals surface area contributed by atoms with Gasteiger partial charge in [-0.2, -0.15) is 14.0 Å². The third-order valence-corrected chi connectivity index (χ3v) is 1.55. The van der Waals surface area contributed by atoms with E-state index in [0.717, 1.165) is 12.1 Å². The summed E-state index contributed by atoms with van der Waals surface area (Å²) >= 11 is 0. The van der Waals surface area contributed by atoms with Crippen molar-refractivity contribution in [3.8, 4) is 6.07 Å². The SMILES string of the molecule is N#Cc1ccc(C(F)(F)C=O)cc1. The zero-order chi connectivity index (χ0) is 9.90. The topological polar surface area (TPSA) is 40.9 Å². The Balaban J connectivity index is 3.07. The van der Waals surface area contributed by atoms with E-state index in [1.807, 2.05) is 0 Å². The third kappa shape index (κ3) is 1.88. The highest BCUT2D eigenvalue weighted by molar-refractivity contribution is 5.63. The number of carbonyl (C=O) groups is 1. The number of aldehydes is 1. The lowest BCUT2D eigenvalue weighted by atomic mass is 10.1. The van der Waals surface area contributed by atoms with Crippen molar-refractivity contribution in [1.82, 2.24) is 0 Å². The van der Waals surface area contributed by atoms with E-state index in [2.05, 4.69) is 0 Å². The Bertz CT molecular complexity index is 351. The van der Waals surface area contributed by atoms with Gasteiger partial charge < -0.3 is 0 Å². The summed E-state index contributed by atoms with van der Waals surface area (Å²) in [7, 11) is 0. The van der Waals surface area contributed by atoms with Crippen molar-refractivity contribution in [3.05, 3.63) is 35.4 Å². The number of benzene rings is 1. The van der Waals surface area contributed by atoms with Crippen molar-refractivity contribution in [1.29, 1.82) is 5.26 Å². The minimum absolute atomic E-state index is 0.283. The van der Waals surface area contributed by atoms with E-state index in [4.69, 9.17) is 5.26 Å². The van der Waals surface area contributed by atoms with E-state index in [-0.39, 0.29) is 5.56 Å². The van der Waals surface area contributed by atoms with Crippen molar-refractivity contribution in [2.75, 3.05) is 0 Å². The lowest BCUT2D eigenvalue weighted by Crippen LogP contribution is -2.14. The monoisotopic (exact) mass is 181 g/mol. The van der Waals surface area contributed by atoms with Gasteiger partial charge in [-0.05, 0) is 12.1 Å². The molecule has 0 atom stereocenters. The van der Waals surface area contributed by atoms with Crippen LogP contribution in [0.2, 0.25) is 0 Å². The Hall–Kier alpha value is -1.76. The molecular formula is C9H5F2NO. The smallest absolute Gasteiger partial charge is 0.296 e. The standard InChI is InChI=1S/C9H5F2NO/c10-9(11,6-13)8-3-1-7(5-12)2-4-8/h1-4,6H. The van der Waals surface area contributed by atoms with Crippen molar-refractivity contribution in [2.24, 2.45) is 0 Å². The fraction of sp³-hybridized carbons (Fsp3) is 0.111. The summed E-state index contributed by atoms with van der Waals surface area (Å²) in [6, 6.07) is 6.40. The number of halogens is 2. The minimum Gasteiger partial charge on any atom is -0.296 e. The lowest BCUT2D eigenvalue weighted by molar-refractivity contribution is -0.130. The molecule has 2 nitrogen and oxygen atoms in total. The molecule has 0 spiro atoms. The summed E-state index contributed by atoms with van der Waals surface area (Å²) in [4.78, 5) is 9.97. The molecule has 66 valence electrons. The fourth-order valence-electron chi connectivity index (χ4n) is 0.835. The maximum atomic E-state index is 12.7. The van der Waals surface area contributed by atoms with Crippen LogP contribution in [0.3, 0.4) is 0 Å². The van der Waals surface area contributed by atoms with Gasteiger partial charge in [0.2, 0.25) is 0 Å². The Morgan fingerprint density at radius 2 is 1.85 bits per heavy atom. The quantitative estimate of drug-likeness (QED) is 0.653. The number of carbonyl (C=O) groups excluding carboxylic acids is 1. The van der Waals surface area contributed by atoms with E-state index < -0.39 is 17.8 Å². The number of rotatable bonds is 2. The fourth-order valence-corrected chi connectivity index (χ4v) is 0.835. The van der Waals surface area contributed by atoms with E-state index in [9.17, 15) is 13.6 Å². The Labute approximate surface area is 73.4 Å². The minimum atomic E-state index is -3.46. The zero-order valence-corrected chi connectivity index (χ0v) is 6.50. The summed E-state index contributed by atoms with van der Waals surface area (Å²) in [5.41, 5.74) is -0.119. The molecule has 0 saturated carbocycles. The second kappa shape index (κ2) is 3.31. The van der Waals surface area contributed by atoms with Gasteiger partial charge in [-0.25, -0.2) is 0 Å². The van der Waals surface area contributed by atoms with E-state index in [0.29, 0.717) is 0 Å². The summed E-state index contributed by atoms with van der Waals surface area (Å²) < 4.78 is 25.3. The molecular weight excluding hydrogens is 176 g/mol. The first-order valence-corrected chi connectivity index (χ1v) is 3.45. The predicted molar refractivity (Wildman–Crippen MR) is 41.1 cm³/mol. The molecule has 0 bridgehead atoms. The van der Waals surface area contributed by atoms with Crippen LogP contribution in [0.5, 0.6) is 0 Å². The Kier molecular flexibility index (Phi) is 2.38. The molecule has 0 aliphatic rings. The Morgan fingerprint density at radius 3 is 2.23 bits per heavy atom. The normalized spacial score (nSPS) is 10.5. The molecule has 0 aliphatic heterocycles. The van der Waals surface area contributed by atoms with Crippen LogP contribution in [0, 0.1) is 11.3 Å². The number of hydrogen-bond donors (Lipinski definition) is 0. The van der Waals surface area contributed by atoms with Gasteiger partial charge in [0.05, 0.1) is 11.6 Å². The average molecular weight is 181 g/mol. The van der Waals surface area contributed by atoms with Gasteiger partial charge >= 0.3 is 5.92 Å². The molecule has 1 aromatic carbocycles. The molecule has 0 heterocycles. The molecule has 4 heteroatoms. The van der Waals surface area contributed by atoms with E-state index >= 15 is 0 Å². The maximum Gasteiger partial charge on any atom is 0.327 e. The molecule has 0 unspecified atom stereocenters. The molecule has 13 heavy (non-hydrogen) atoms. The van der Waals surface area contributed by atoms with Crippen LogP contribution in [-0.2, 0) is 10.7 Å². The largest absolute Gasteiger partial charge is 0.327 e. The molecule has 0 radical (unpaired) electrons. The average Bonchev–Trinajstić information content (AvgIpc) is 2.18. The van der Waals surface area contributed by atoms with Gasteiger partial charge in [-0.15, -0.1) is 0 Å². The molecule has 0 amide bonds. The molecule has 1 rings (SSSR count). The van der Waals surface area contributed by atoms with Crippen LogP contribution in [0.4, 0.5) is 8.78 Å². The summed E-state index contributed by atoms with van der Waals surface area (Å²) in [6.45, 7) is 0. The first-order chi connectivity index (χ1) is 6.10. The molecule has 0 saturated heterocycles. The van der Waals surface area contributed by atoms with Gasteiger partial charge in [-0.3, -0.25) is 4.79 Å². The van der Waals surface area contributed by atoms with Crippen molar-refractivity contribution < 1.29 is 13.6 Å². The summed E-state index contributed by atoms with van der Waals surface area (Å²) in [6.07, 6.45) is -0.422. The number of hydrogen-bond acceptors (Lipinski definition) is 2. The van der Waals surface area contributed by atoms with Crippen LogP contribution in [0.25, 0.3) is 0 Å². The number of alkyl halides is 2. The molecule has 0 aliphatic carbocycles. The number of nitrogens with zero attached hydrogens (tertiary/aromatic N) is 1. The summed E-state index contributed by atoms with van der Waals surface area (Å²) in [5.74, 6) is -3.46. The van der Waals surface area contributed by atoms with Crippen molar-refractivity contribution in [2.45, 2.75) is 5.92 Å². The highest BCUT2D eigenvalue weighted by atomic mass is 19.3.